The van der Waals surface area contributed by atoms with Crippen LogP contribution in [-0.2, 0) is 9.59 Å². The molecule has 0 aromatic heterocycles. The van der Waals surface area contributed by atoms with E-state index in [0.29, 0.717) is 13.0 Å². The van der Waals surface area contributed by atoms with Gasteiger partial charge in [-0.25, -0.2) is 0 Å². The first kappa shape index (κ1) is 16.0. The third-order valence-electron chi connectivity index (χ3n) is 4.28. The second kappa shape index (κ2) is 7.48. The van der Waals surface area contributed by atoms with E-state index in [-0.39, 0.29) is 12.5 Å². The number of aliphatic carboxylic acids is 1. The van der Waals surface area contributed by atoms with Gasteiger partial charge in [-0.3, -0.25) is 9.59 Å². The lowest BCUT2D eigenvalue weighted by molar-refractivity contribution is -0.142. The first-order valence-electron chi connectivity index (χ1n) is 7.27. The van der Waals surface area contributed by atoms with E-state index in [1.54, 1.807) is 0 Å². The highest BCUT2D eigenvalue weighted by atomic mass is 16.4. The van der Waals surface area contributed by atoms with E-state index in [2.05, 4.69) is 5.32 Å². The maximum absolute atomic E-state index is 12.4. The highest BCUT2D eigenvalue weighted by Crippen LogP contribution is 2.34. The molecule has 0 bridgehead atoms. The molecule has 0 spiro atoms. The summed E-state index contributed by atoms with van der Waals surface area (Å²) >= 11 is 0. The lowest BCUT2D eigenvalue weighted by atomic mass is 9.79. The summed E-state index contributed by atoms with van der Waals surface area (Å²) in [7, 11) is 0. The van der Waals surface area contributed by atoms with E-state index >= 15 is 0 Å². The van der Waals surface area contributed by atoms with Gasteiger partial charge in [-0.15, -0.1) is 0 Å². The monoisotopic (exact) mass is 270 g/mol. The summed E-state index contributed by atoms with van der Waals surface area (Å²) in [6.45, 7) is 2.37. The smallest absolute Gasteiger partial charge is 0.308 e. The molecule has 1 rings (SSSR count). The van der Waals surface area contributed by atoms with Crippen molar-refractivity contribution in [2.75, 3.05) is 13.1 Å². The van der Waals surface area contributed by atoms with Crippen LogP contribution in [0.4, 0.5) is 0 Å². The normalized spacial score (nSPS) is 20.3. The van der Waals surface area contributed by atoms with Crippen LogP contribution >= 0.6 is 0 Å². The molecule has 1 aliphatic carbocycles. The maximum Gasteiger partial charge on any atom is 0.308 e. The Balaban J connectivity index is 2.60. The second-order valence-corrected chi connectivity index (χ2v) is 5.55. The Morgan fingerprint density at radius 1 is 1.26 bits per heavy atom. The number of carbonyl (C=O) groups is 2. The molecule has 0 heterocycles. The van der Waals surface area contributed by atoms with Gasteiger partial charge in [-0.1, -0.05) is 32.6 Å². The molecule has 0 aliphatic heterocycles. The fraction of sp³-hybridized carbons (Fsp3) is 0.857. The van der Waals surface area contributed by atoms with Gasteiger partial charge in [0.25, 0.3) is 0 Å². The fourth-order valence-corrected chi connectivity index (χ4v) is 2.74. The first-order valence-corrected chi connectivity index (χ1v) is 7.27. The highest BCUT2D eigenvalue weighted by molar-refractivity contribution is 5.83. The SMILES string of the molecule is CCC(CNC(=O)C1(CN)CCCCCC1)C(=O)O. The van der Waals surface area contributed by atoms with Crippen LogP contribution < -0.4 is 11.1 Å². The van der Waals surface area contributed by atoms with Gasteiger partial charge in [-0.05, 0) is 19.3 Å². The summed E-state index contributed by atoms with van der Waals surface area (Å²) < 4.78 is 0. The summed E-state index contributed by atoms with van der Waals surface area (Å²) in [4.78, 5) is 23.3. The number of nitrogens with two attached hydrogens (primary N) is 1. The molecule has 19 heavy (non-hydrogen) atoms. The molecule has 110 valence electrons. The molecule has 1 unspecified atom stereocenters. The van der Waals surface area contributed by atoms with Gasteiger partial charge in [0.2, 0.25) is 5.91 Å². The molecule has 4 N–H and O–H groups in total. The number of hydrogen-bond donors (Lipinski definition) is 3. The Kier molecular flexibility index (Phi) is 6.28. The standard InChI is InChI=1S/C14H26N2O3/c1-2-11(12(17)18)9-16-13(19)14(10-15)7-5-3-4-6-8-14/h11H,2-10,15H2,1H3,(H,16,19)(H,17,18). The van der Waals surface area contributed by atoms with Gasteiger partial charge in [0, 0.05) is 13.1 Å². The van der Waals surface area contributed by atoms with E-state index in [9.17, 15) is 9.59 Å². The van der Waals surface area contributed by atoms with Crippen LogP contribution in [0.15, 0.2) is 0 Å². The lowest BCUT2D eigenvalue weighted by Gasteiger charge is -2.30. The van der Waals surface area contributed by atoms with Crippen LogP contribution in [0.25, 0.3) is 0 Å². The third kappa shape index (κ3) is 4.20. The largest absolute Gasteiger partial charge is 0.481 e. The third-order valence-corrected chi connectivity index (χ3v) is 4.28. The van der Waals surface area contributed by atoms with Crippen molar-refractivity contribution >= 4 is 11.9 Å². The molecule has 1 aliphatic rings. The summed E-state index contributed by atoms with van der Waals surface area (Å²) in [5.41, 5.74) is 5.35. The van der Waals surface area contributed by atoms with Crippen molar-refractivity contribution in [3.05, 3.63) is 0 Å². The first-order chi connectivity index (χ1) is 9.05. The van der Waals surface area contributed by atoms with Crippen molar-refractivity contribution in [3.8, 4) is 0 Å². The molecular weight excluding hydrogens is 244 g/mol. The van der Waals surface area contributed by atoms with Gasteiger partial charge in [0.15, 0.2) is 0 Å². The van der Waals surface area contributed by atoms with Crippen molar-refractivity contribution in [2.24, 2.45) is 17.1 Å². The van der Waals surface area contributed by atoms with Crippen LogP contribution in [0.3, 0.4) is 0 Å². The number of carboxylic acid groups (broad SMARTS) is 1. The minimum absolute atomic E-state index is 0.0587. The molecule has 1 atom stereocenters. The number of amides is 1. The van der Waals surface area contributed by atoms with Crippen LogP contribution in [-0.4, -0.2) is 30.1 Å². The van der Waals surface area contributed by atoms with Crippen LogP contribution in [0.1, 0.15) is 51.9 Å². The molecular formula is C14H26N2O3. The van der Waals surface area contributed by atoms with E-state index in [4.69, 9.17) is 10.8 Å². The van der Waals surface area contributed by atoms with E-state index in [1.807, 2.05) is 6.92 Å². The highest BCUT2D eigenvalue weighted by Gasteiger charge is 2.37. The summed E-state index contributed by atoms with van der Waals surface area (Å²) in [5.74, 6) is -1.42. The van der Waals surface area contributed by atoms with Crippen LogP contribution in [0.2, 0.25) is 0 Å². The van der Waals surface area contributed by atoms with Gasteiger partial charge >= 0.3 is 5.97 Å². The van der Waals surface area contributed by atoms with E-state index in [0.717, 1.165) is 38.5 Å². The number of carbonyl (C=O) groups excluding carboxylic acids is 1. The molecule has 0 saturated heterocycles. The maximum atomic E-state index is 12.4. The Morgan fingerprint density at radius 2 is 1.84 bits per heavy atom. The zero-order chi connectivity index (χ0) is 14.3. The Morgan fingerprint density at radius 3 is 2.26 bits per heavy atom. The van der Waals surface area contributed by atoms with Crippen molar-refractivity contribution in [1.82, 2.24) is 5.32 Å². The Hall–Kier alpha value is -1.10. The van der Waals surface area contributed by atoms with Gasteiger partial charge < -0.3 is 16.2 Å². The molecule has 1 fully saturated rings. The summed E-state index contributed by atoms with van der Waals surface area (Å²) in [6, 6.07) is 0. The molecule has 1 amide bonds. The molecule has 5 heteroatoms. The van der Waals surface area contributed by atoms with Crippen molar-refractivity contribution < 1.29 is 14.7 Å². The van der Waals surface area contributed by atoms with Crippen LogP contribution in [0.5, 0.6) is 0 Å². The minimum Gasteiger partial charge on any atom is -0.481 e. The molecule has 5 nitrogen and oxygen atoms in total. The van der Waals surface area contributed by atoms with E-state index in [1.165, 1.54) is 0 Å². The van der Waals surface area contributed by atoms with Crippen LogP contribution in [0, 0.1) is 11.3 Å². The number of carboxylic acids is 1. The summed E-state index contributed by atoms with van der Waals surface area (Å²) in [5, 5.41) is 11.8. The number of rotatable bonds is 6. The molecule has 1 saturated carbocycles. The van der Waals surface area contributed by atoms with Crippen molar-refractivity contribution in [2.45, 2.75) is 51.9 Å². The van der Waals surface area contributed by atoms with Gasteiger partial charge in [0.1, 0.15) is 0 Å². The van der Waals surface area contributed by atoms with Gasteiger partial charge in [-0.2, -0.15) is 0 Å². The Bertz CT molecular complexity index is 310. The molecule has 0 radical (unpaired) electrons. The minimum atomic E-state index is -0.856. The average Bonchev–Trinajstić information content (AvgIpc) is 2.65. The lowest BCUT2D eigenvalue weighted by Crippen LogP contribution is -2.47. The van der Waals surface area contributed by atoms with Gasteiger partial charge in [0.05, 0.1) is 11.3 Å². The molecule has 0 aromatic carbocycles. The quantitative estimate of drug-likeness (QED) is 0.638. The zero-order valence-corrected chi connectivity index (χ0v) is 11.8. The average molecular weight is 270 g/mol. The Labute approximate surface area is 114 Å². The predicted molar refractivity (Wildman–Crippen MR) is 73.6 cm³/mol. The fourth-order valence-electron chi connectivity index (χ4n) is 2.74. The van der Waals surface area contributed by atoms with E-state index < -0.39 is 17.3 Å². The predicted octanol–water partition coefficient (Wildman–Crippen LogP) is 1.51. The molecule has 0 aromatic rings. The van der Waals surface area contributed by atoms with Crippen molar-refractivity contribution in [1.29, 1.82) is 0 Å². The zero-order valence-electron chi connectivity index (χ0n) is 11.8. The summed E-state index contributed by atoms with van der Waals surface area (Å²) in [6.07, 6.45) is 6.52. The van der Waals surface area contributed by atoms with Crippen molar-refractivity contribution in [3.63, 3.8) is 0 Å². The number of nitrogens with one attached hydrogen (secondary N) is 1. The topological polar surface area (TPSA) is 92.4 Å². The second-order valence-electron chi connectivity index (χ2n) is 5.55. The number of hydrogen-bond acceptors (Lipinski definition) is 3.